The summed E-state index contributed by atoms with van der Waals surface area (Å²) in [6.45, 7) is 2.20. The summed E-state index contributed by atoms with van der Waals surface area (Å²) in [4.78, 5) is 11.8. The van der Waals surface area contributed by atoms with Crippen molar-refractivity contribution in [3.8, 4) is 11.8 Å². The van der Waals surface area contributed by atoms with Crippen molar-refractivity contribution in [1.29, 1.82) is 5.26 Å². The molecule has 2 rings (SSSR count). The molecule has 1 heterocycles. The highest BCUT2D eigenvalue weighted by Crippen LogP contribution is 2.18. The molecule has 0 spiro atoms. The van der Waals surface area contributed by atoms with E-state index in [0.717, 1.165) is 0 Å². The highest BCUT2D eigenvalue weighted by atomic mass is 16.5. The van der Waals surface area contributed by atoms with Gasteiger partial charge in [0.05, 0.1) is 12.7 Å². The van der Waals surface area contributed by atoms with Crippen LogP contribution < -0.4 is 15.4 Å². The van der Waals surface area contributed by atoms with Gasteiger partial charge in [-0.3, -0.25) is 5.32 Å². The van der Waals surface area contributed by atoms with Gasteiger partial charge in [-0.2, -0.15) is 5.26 Å². The van der Waals surface area contributed by atoms with Crippen molar-refractivity contribution in [1.82, 2.24) is 5.16 Å². The highest BCUT2D eigenvalue weighted by molar-refractivity contribution is 5.99. The Bertz CT molecular complexity index is 675. The van der Waals surface area contributed by atoms with Crippen LogP contribution in [-0.4, -0.2) is 17.8 Å². The molecule has 2 N–H and O–H groups in total. The minimum absolute atomic E-state index is 0.346. The van der Waals surface area contributed by atoms with Gasteiger partial charge < -0.3 is 14.6 Å². The van der Waals surface area contributed by atoms with Gasteiger partial charge in [0.25, 0.3) is 0 Å². The average Bonchev–Trinajstić information content (AvgIpc) is 2.89. The van der Waals surface area contributed by atoms with Gasteiger partial charge in [-0.1, -0.05) is 11.2 Å². The molecule has 0 atom stereocenters. The molecule has 1 aromatic carbocycles. The van der Waals surface area contributed by atoms with Gasteiger partial charge >= 0.3 is 6.03 Å². The van der Waals surface area contributed by atoms with Crippen molar-refractivity contribution >= 4 is 17.5 Å². The summed E-state index contributed by atoms with van der Waals surface area (Å²) in [5.74, 6) is 1.59. The molecule has 0 aliphatic rings. The topological polar surface area (TPSA) is 100 Å². The van der Waals surface area contributed by atoms with E-state index in [1.165, 1.54) is 0 Å². The van der Waals surface area contributed by atoms with Crippen LogP contribution in [0.3, 0.4) is 0 Å². The highest BCUT2D eigenvalue weighted by Gasteiger charge is 2.06. The number of hydrogen-bond donors (Lipinski definition) is 2. The molecular weight excluding hydrogens is 284 g/mol. The van der Waals surface area contributed by atoms with E-state index in [2.05, 4.69) is 21.9 Å². The number of nitriles is 1. The smallest absolute Gasteiger partial charge is 0.324 e. The Morgan fingerprint density at radius 2 is 2.27 bits per heavy atom. The van der Waals surface area contributed by atoms with Crippen LogP contribution in [0.1, 0.15) is 18.6 Å². The number of benzene rings is 1. The Hall–Kier alpha value is -3.01. The summed E-state index contributed by atoms with van der Waals surface area (Å²) in [7, 11) is 0. The fourth-order valence-corrected chi connectivity index (χ4v) is 1.71. The molecule has 0 saturated heterocycles. The fraction of sp³-hybridized carbons (Fsp3) is 0.267. The molecule has 0 fully saturated rings. The van der Waals surface area contributed by atoms with Crippen LogP contribution in [0, 0.1) is 18.3 Å². The number of carbonyl (C=O) groups excluding carboxylic acids is 1. The molecule has 0 saturated carbocycles. The van der Waals surface area contributed by atoms with Crippen molar-refractivity contribution in [2.75, 3.05) is 17.2 Å². The van der Waals surface area contributed by atoms with Gasteiger partial charge in [0.2, 0.25) is 0 Å². The Morgan fingerprint density at radius 1 is 1.41 bits per heavy atom. The number of nitrogens with zero attached hydrogens (tertiary/aromatic N) is 2. The molecule has 0 radical (unpaired) electrons. The largest absolute Gasteiger partial charge is 0.493 e. The SMILES string of the molecule is Cc1cc(NC(=O)Nc2cccc(OCCCC#N)c2)no1. The summed E-state index contributed by atoms with van der Waals surface area (Å²) < 4.78 is 10.4. The molecule has 7 heteroatoms. The number of hydrogen-bond acceptors (Lipinski definition) is 5. The summed E-state index contributed by atoms with van der Waals surface area (Å²) in [6, 6.07) is 10.3. The molecule has 114 valence electrons. The molecule has 1 aromatic heterocycles. The number of rotatable bonds is 6. The van der Waals surface area contributed by atoms with Crippen LogP contribution in [0.4, 0.5) is 16.3 Å². The third-order valence-corrected chi connectivity index (χ3v) is 2.66. The van der Waals surface area contributed by atoms with Crippen LogP contribution in [0.15, 0.2) is 34.9 Å². The van der Waals surface area contributed by atoms with E-state index in [-0.39, 0.29) is 0 Å². The second-order valence-corrected chi connectivity index (χ2v) is 4.54. The summed E-state index contributed by atoms with van der Waals surface area (Å²) in [6.07, 6.45) is 1.12. The number of anilines is 2. The number of urea groups is 1. The van der Waals surface area contributed by atoms with Crippen LogP contribution >= 0.6 is 0 Å². The number of ether oxygens (including phenoxy) is 1. The Labute approximate surface area is 127 Å². The van der Waals surface area contributed by atoms with Crippen molar-refractivity contribution in [2.24, 2.45) is 0 Å². The maximum atomic E-state index is 11.8. The van der Waals surface area contributed by atoms with Gasteiger partial charge in [-0.15, -0.1) is 0 Å². The van der Waals surface area contributed by atoms with Crippen LogP contribution in [0.25, 0.3) is 0 Å². The zero-order valence-electron chi connectivity index (χ0n) is 12.1. The maximum absolute atomic E-state index is 11.8. The van der Waals surface area contributed by atoms with Gasteiger partial charge in [0, 0.05) is 24.2 Å². The number of aromatic nitrogens is 1. The maximum Gasteiger partial charge on any atom is 0.324 e. The molecule has 0 bridgehead atoms. The number of carbonyl (C=O) groups is 1. The standard InChI is InChI=1S/C15H16N4O3/c1-11-9-14(19-22-11)18-15(20)17-12-5-4-6-13(10-12)21-8-3-2-7-16/h4-6,9-10H,2-3,8H2,1H3,(H2,17,18,19,20). The van der Waals surface area contributed by atoms with Crippen LogP contribution in [-0.2, 0) is 0 Å². The van der Waals surface area contributed by atoms with Gasteiger partial charge in [0.15, 0.2) is 5.82 Å². The zero-order chi connectivity index (χ0) is 15.8. The first-order valence-corrected chi connectivity index (χ1v) is 6.78. The Kier molecular flexibility index (Phi) is 5.37. The normalized spacial score (nSPS) is 9.82. The van der Waals surface area contributed by atoms with Gasteiger partial charge in [-0.25, -0.2) is 4.79 Å². The third-order valence-electron chi connectivity index (χ3n) is 2.66. The second kappa shape index (κ2) is 7.69. The van der Waals surface area contributed by atoms with E-state index >= 15 is 0 Å². The number of unbranched alkanes of at least 4 members (excludes halogenated alkanes) is 1. The molecule has 0 unspecified atom stereocenters. The van der Waals surface area contributed by atoms with Crippen molar-refractivity contribution in [2.45, 2.75) is 19.8 Å². The van der Waals surface area contributed by atoms with E-state index in [0.29, 0.717) is 42.5 Å². The number of amides is 2. The predicted molar refractivity (Wildman–Crippen MR) is 80.7 cm³/mol. The van der Waals surface area contributed by atoms with Crippen molar-refractivity contribution in [3.63, 3.8) is 0 Å². The molecule has 7 nitrogen and oxygen atoms in total. The first-order valence-electron chi connectivity index (χ1n) is 6.78. The van der Waals surface area contributed by atoms with Crippen LogP contribution in [0.5, 0.6) is 5.75 Å². The van der Waals surface area contributed by atoms with E-state index in [1.54, 1.807) is 37.3 Å². The molecule has 0 aliphatic carbocycles. The monoisotopic (exact) mass is 300 g/mol. The molecule has 22 heavy (non-hydrogen) atoms. The number of nitrogens with one attached hydrogen (secondary N) is 2. The van der Waals surface area contributed by atoms with Crippen molar-refractivity contribution < 1.29 is 14.1 Å². The molecular formula is C15H16N4O3. The van der Waals surface area contributed by atoms with E-state index in [4.69, 9.17) is 14.5 Å². The summed E-state index contributed by atoms with van der Waals surface area (Å²) in [5, 5.41) is 17.4. The van der Waals surface area contributed by atoms with E-state index < -0.39 is 6.03 Å². The molecule has 0 aliphatic heterocycles. The predicted octanol–water partition coefficient (Wildman–Crippen LogP) is 3.31. The average molecular weight is 300 g/mol. The first-order chi connectivity index (χ1) is 10.7. The van der Waals surface area contributed by atoms with Crippen molar-refractivity contribution in [3.05, 3.63) is 36.1 Å². The minimum Gasteiger partial charge on any atom is -0.493 e. The Balaban J connectivity index is 1.86. The lowest BCUT2D eigenvalue weighted by atomic mass is 10.3. The minimum atomic E-state index is -0.421. The van der Waals surface area contributed by atoms with E-state index in [9.17, 15) is 4.79 Å². The quantitative estimate of drug-likeness (QED) is 0.797. The third kappa shape index (κ3) is 4.83. The zero-order valence-corrected chi connectivity index (χ0v) is 12.1. The number of aryl methyl sites for hydroxylation is 1. The second-order valence-electron chi connectivity index (χ2n) is 4.54. The summed E-state index contributed by atoms with van der Waals surface area (Å²) >= 11 is 0. The van der Waals surface area contributed by atoms with Gasteiger partial charge in [-0.05, 0) is 25.5 Å². The molecule has 2 aromatic rings. The Morgan fingerprint density at radius 3 is 3.00 bits per heavy atom. The molecule has 2 amide bonds. The summed E-state index contributed by atoms with van der Waals surface area (Å²) in [5.41, 5.74) is 0.593. The fourth-order valence-electron chi connectivity index (χ4n) is 1.71. The lowest BCUT2D eigenvalue weighted by Crippen LogP contribution is -2.19. The lowest BCUT2D eigenvalue weighted by molar-refractivity contribution is 0.262. The lowest BCUT2D eigenvalue weighted by Gasteiger charge is -2.08. The van der Waals surface area contributed by atoms with Crippen LogP contribution in [0.2, 0.25) is 0 Å². The first kappa shape index (κ1) is 15.4. The van der Waals surface area contributed by atoms with Gasteiger partial charge in [0.1, 0.15) is 11.5 Å². The van der Waals surface area contributed by atoms with E-state index in [1.807, 2.05) is 0 Å².